The lowest BCUT2D eigenvalue weighted by Crippen LogP contribution is -2.03. The molecule has 4 aromatic heterocycles. The van der Waals surface area contributed by atoms with Crippen molar-refractivity contribution in [2.45, 2.75) is 0 Å². The standard InChI is InChI=1S/C38H21N3S2/c1-2-12-22(13-3-1)34-38(40-27-18-8-7-17-26(27)39-34)41-28-19-9-4-14-23(28)31-35(41)32-24-15-5-10-20-29(24)42-37(32)33-25-16-6-11-21-30(25)43-36(31)33/h1-21H. The first kappa shape index (κ1) is 23.5. The minimum absolute atomic E-state index is 0.855. The molecule has 10 aromatic rings. The van der Waals surface area contributed by atoms with E-state index in [9.17, 15) is 0 Å². The fraction of sp³-hybridized carbons (Fsp3) is 0. The number of fused-ring (bicyclic) bond motifs is 13. The number of hydrogen-bond acceptors (Lipinski definition) is 4. The zero-order valence-electron chi connectivity index (χ0n) is 22.8. The summed E-state index contributed by atoms with van der Waals surface area (Å²) in [6.45, 7) is 0. The van der Waals surface area contributed by atoms with Crippen molar-refractivity contribution in [2.75, 3.05) is 0 Å². The highest BCUT2D eigenvalue weighted by Gasteiger charge is 2.26. The SMILES string of the molecule is c1ccc(-c2nc3ccccc3nc2-n2c3ccccc3c3c4sc5ccccc5c4c4sc5ccccc5c4c32)cc1. The van der Waals surface area contributed by atoms with Crippen molar-refractivity contribution >= 4 is 95.9 Å². The number of hydrogen-bond donors (Lipinski definition) is 0. The number of benzene rings is 6. The molecule has 0 radical (unpaired) electrons. The molecule has 0 spiro atoms. The molecule has 0 N–H and O–H groups in total. The Morgan fingerprint density at radius 3 is 1.72 bits per heavy atom. The molecular formula is C38H21N3S2. The van der Waals surface area contributed by atoms with Gasteiger partial charge in [-0.05, 0) is 30.3 Å². The molecule has 3 nitrogen and oxygen atoms in total. The van der Waals surface area contributed by atoms with Gasteiger partial charge in [-0.2, -0.15) is 0 Å². The molecule has 6 aromatic carbocycles. The van der Waals surface area contributed by atoms with Gasteiger partial charge in [-0.25, -0.2) is 9.97 Å². The van der Waals surface area contributed by atoms with Gasteiger partial charge in [-0.1, -0.05) is 97.1 Å². The monoisotopic (exact) mass is 583 g/mol. The normalized spacial score (nSPS) is 12.2. The Morgan fingerprint density at radius 2 is 1.00 bits per heavy atom. The van der Waals surface area contributed by atoms with Crippen LogP contribution < -0.4 is 0 Å². The smallest absolute Gasteiger partial charge is 0.165 e. The Morgan fingerprint density at radius 1 is 0.465 bits per heavy atom. The third-order valence-electron chi connectivity index (χ3n) is 8.57. The van der Waals surface area contributed by atoms with Crippen molar-refractivity contribution in [1.29, 1.82) is 0 Å². The van der Waals surface area contributed by atoms with Crippen LogP contribution in [0.25, 0.3) is 90.3 Å². The average molecular weight is 584 g/mol. The van der Waals surface area contributed by atoms with Crippen molar-refractivity contribution in [2.24, 2.45) is 0 Å². The van der Waals surface area contributed by atoms with E-state index < -0.39 is 0 Å². The molecule has 0 aliphatic heterocycles. The highest BCUT2D eigenvalue weighted by atomic mass is 32.1. The number of para-hydroxylation sites is 3. The molecule has 0 amide bonds. The lowest BCUT2D eigenvalue weighted by Gasteiger charge is -2.14. The summed E-state index contributed by atoms with van der Waals surface area (Å²) in [5.41, 5.74) is 6.05. The fourth-order valence-corrected chi connectivity index (χ4v) is 9.37. The van der Waals surface area contributed by atoms with E-state index in [1.54, 1.807) is 0 Å². The number of thiophene rings is 2. The van der Waals surface area contributed by atoms with Gasteiger partial charge >= 0.3 is 0 Å². The predicted molar refractivity (Wildman–Crippen MR) is 185 cm³/mol. The molecule has 0 atom stereocenters. The van der Waals surface area contributed by atoms with E-state index in [2.05, 4.69) is 120 Å². The molecule has 4 heterocycles. The lowest BCUT2D eigenvalue weighted by molar-refractivity contribution is 1.08. The Balaban J connectivity index is 1.52. The number of nitrogens with zero attached hydrogens (tertiary/aromatic N) is 3. The van der Waals surface area contributed by atoms with Crippen molar-refractivity contribution in [3.63, 3.8) is 0 Å². The van der Waals surface area contributed by atoms with E-state index in [0.717, 1.165) is 33.6 Å². The van der Waals surface area contributed by atoms with Gasteiger partial charge in [0.05, 0.1) is 22.1 Å². The van der Waals surface area contributed by atoms with Crippen molar-refractivity contribution in [1.82, 2.24) is 14.5 Å². The van der Waals surface area contributed by atoms with Crippen LogP contribution in [0.5, 0.6) is 0 Å². The van der Waals surface area contributed by atoms with E-state index >= 15 is 0 Å². The van der Waals surface area contributed by atoms with Crippen LogP contribution in [-0.4, -0.2) is 14.5 Å². The van der Waals surface area contributed by atoms with Gasteiger partial charge in [0.1, 0.15) is 5.69 Å². The van der Waals surface area contributed by atoms with Crippen LogP contribution >= 0.6 is 22.7 Å². The maximum atomic E-state index is 5.40. The van der Waals surface area contributed by atoms with E-state index in [-0.39, 0.29) is 0 Å². The van der Waals surface area contributed by atoms with Crippen LogP contribution in [0, 0.1) is 0 Å². The molecule has 0 unspecified atom stereocenters. The van der Waals surface area contributed by atoms with Crippen molar-refractivity contribution < 1.29 is 0 Å². The van der Waals surface area contributed by atoms with E-state index in [1.165, 1.54) is 56.6 Å². The van der Waals surface area contributed by atoms with Crippen LogP contribution in [-0.2, 0) is 0 Å². The molecule has 10 rings (SSSR count). The summed E-state index contributed by atoms with van der Waals surface area (Å²) >= 11 is 3.80. The maximum Gasteiger partial charge on any atom is 0.165 e. The van der Waals surface area contributed by atoms with E-state index in [0.29, 0.717) is 0 Å². The minimum Gasteiger partial charge on any atom is -0.291 e. The Kier molecular flexibility index (Phi) is 4.75. The molecule has 0 saturated carbocycles. The van der Waals surface area contributed by atoms with E-state index in [1.807, 2.05) is 34.8 Å². The Bertz CT molecular complexity index is 2700. The first-order valence-corrected chi connectivity index (χ1v) is 16.0. The van der Waals surface area contributed by atoms with Crippen LogP contribution in [0.2, 0.25) is 0 Å². The summed E-state index contributed by atoms with van der Waals surface area (Å²) in [6, 6.07) is 45.2. The van der Waals surface area contributed by atoms with Gasteiger partial charge in [0.15, 0.2) is 5.82 Å². The number of rotatable bonds is 2. The first-order valence-electron chi connectivity index (χ1n) is 14.4. The Hall–Kier alpha value is -5.10. The fourth-order valence-electron chi connectivity index (χ4n) is 6.77. The third-order valence-corrected chi connectivity index (χ3v) is 10.9. The van der Waals surface area contributed by atoms with Crippen molar-refractivity contribution in [3.8, 4) is 17.1 Å². The quantitative estimate of drug-likeness (QED) is 0.203. The molecule has 0 saturated heterocycles. The highest BCUT2D eigenvalue weighted by molar-refractivity contribution is 7.30. The van der Waals surface area contributed by atoms with Gasteiger partial charge in [0.25, 0.3) is 0 Å². The molecule has 0 bridgehead atoms. The minimum atomic E-state index is 0.855. The lowest BCUT2D eigenvalue weighted by atomic mass is 10.0. The van der Waals surface area contributed by atoms with Gasteiger partial charge in [0, 0.05) is 56.7 Å². The first-order chi connectivity index (χ1) is 21.3. The summed E-state index contributed by atoms with van der Waals surface area (Å²) in [4.78, 5) is 10.7. The van der Waals surface area contributed by atoms with Crippen LogP contribution in [0.1, 0.15) is 0 Å². The summed E-state index contributed by atoms with van der Waals surface area (Å²) < 4.78 is 7.68. The van der Waals surface area contributed by atoms with Gasteiger partial charge < -0.3 is 0 Å². The Labute approximate surface area is 253 Å². The molecule has 0 fully saturated rings. The topological polar surface area (TPSA) is 30.7 Å². The molecule has 200 valence electrons. The van der Waals surface area contributed by atoms with Crippen LogP contribution in [0.4, 0.5) is 0 Å². The van der Waals surface area contributed by atoms with Gasteiger partial charge in [0.2, 0.25) is 0 Å². The number of aromatic nitrogens is 3. The summed E-state index contributed by atoms with van der Waals surface area (Å²) in [5, 5.41) is 7.78. The molecule has 0 aliphatic carbocycles. The zero-order valence-corrected chi connectivity index (χ0v) is 24.4. The summed E-state index contributed by atoms with van der Waals surface area (Å²) in [6.07, 6.45) is 0. The molecule has 0 aliphatic rings. The van der Waals surface area contributed by atoms with Crippen LogP contribution in [0.3, 0.4) is 0 Å². The molecular weight excluding hydrogens is 563 g/mol. The van der Waals surface area contributed by atoms with Gasteiger partial charge in [-0.3, -0.25) is 4.57 Å². The second kappa shape index (κ2) is 8.71. The third kappa shape index (κ3) is 3.18. The average Bonchev–Trinajstić information content (AvgIpc) is 3.74. The molecule has 5 heteroatoms. The summed E-state index contributed by atoms with van der Waals surface area (Å²) in [5.74, 6) is 0.855. The maximum absolute atomic E-state index is 5.40. The predicted octanol–water partition coefficient (Wildman–Crippen LogP) is 11.1. The second-order valence-corrected chi connectivity index (χ2v) is 13.0. The van der Waals surface area contributed by atoms with E-state index in [4.69, 9.17) is 9.97 Å². The van der Waals surface area contributed by atoms with Crippen LogP contribution in [0.15, 0.2) is 127 Å². The highest BCUT2D eigenvalue weighted by Crippen LogP contribution is 2.52. The largest absolute Gasteiger partial charge is 0.291 e. The summed E-state index contributed by atoms with van der Waals surface area (Å²) in [7, 11) is 0. The molecule has 43 heavy (non-hydrogen) atoms. The van der Waals surface area contributed by atoms with Gasteiger partial charge in [-0.15, -0.1) is 22.7 Å². The second-order valence-electron chi connectivity index (χ2n) is 10.9. The zero-order chi connectivity index (χ0) is 28.1. The van der Waals surface area contributed by atoms with Crippen molar-refractivity contribution in [3.05, 3.63) is 127 Å².